The maximum absolute atomic E-state index is 13.4. The number of alkyl halides is 3. The van der Waals surface area contributed by atoms with Crippen LogP contribution >= 0.6 is 0 Å². The van der Waals surface area contributed by atoms with Crippen molar-refractivity contribution in [2.75, 3.05) is 13.7 Å². The summed E-state index contributed by atoms with van der Waals surface area (Å²) in [5, 5.41) is 17.3. The SMILES string of the molecule is CCn1nc(C(=O)NCC2CCC(C)CC2)c(C#N)c1-c1ccc(CC(C)(C)C(F)(F)F)cc1OC.O=S=O. The predicted molar refractivity (Wildman–Crippen MR) is 141 cm³/mol. The lowest BCUT2D eigenvalue weighted by Gasteiger charge is -2.28. The molecule has 8 nitrogen and oxygen atoms in total. The molecule has 0 bridgehead atoms. The van der Waals surface area contributed by atoms with Crippen LogP contribution in [0.2, 0.25) is 0 Å². The Morgan fingerprint density at radius 1 is 1.23 bits per heavy atom. The number of hydrogen-bond acceptors (Lipinski definition) is 6. The van der Waals surface area contributed by atoms with Gasteiger partial charge in [0.2, 0.25) is 0 Å². The minimum absolute atomic E-state index is 0.0443. The summed E-state index contributed by atoms with van der Waals surface area (Å²) in [6.07, 6.45) is -0.153. The molecule has 0 aliphatic heterocycles. The molecule has 1 aromatic carbocycles. The van der Waals surface area contributed by atoms with E-state index in [0.29, 0.717) is 47.5 Å². The summed E-state index contributed by atoms with van der Waals surface area (Å²) in [5.41, 5.74) is -0.383. The second-order valence-electron chi connectivity index (χ2n) is 10.5. The molecular formula is C27H35F3N4O4S. The number of aromatic nitrogens is 2. The lowest BCUT2D eigenvalue weighted by Crippen LogP contribution is -2.34. The Morgan fingerprint density at radius 2 is 1.85 bits per heavy atom. The third-order valence-corrected chi connectivity index (χ3v) is 7.20. The van der Waals surface area contributed by atoms with Gasteiger partial charge in [0.1, 0.15) is 17.4 Å². The van der Waals surface area contributed by atoms with Crippen molar-refractivity contribution < 1.29 is 31.1 Å². The molecule has 3 rings (SSSR count). The van der Waals surface area contributed by atoms with Gasteiger partial charge in [-0.3, -0.25) is 9.48 Å². The van der Waals surface area contributed by atoms with Gasteiger partial charge in [0.15, 0.2) is 5.69 Å². The van der Waals surface area contributed by atoms with E-state index in [1.165, 1.54) is 7.11 Å². The highest BCUT2D eigenvalue weighted by molar-refractivity contribution is 7.51. The van der Waals surface area contributed by atoms with Crippen molar-refractivity contribution >= 4 is 17.5 Å². The summed E-state index contributed by atoms with van der Waals surface area (Å²) in [7, 11) is 1.43. The molecule has 1 amide bonds. The number of carbonyl (C=O) groups excluding carboxylic acids is 1. The van der Waals surface area contributed by atoms with Gasteiger partial charge in [-0.15, -0.1) is 0 Å². The Balaban J connectivity index is 0.00000170. The topological polar surface area (TPSA) is 114 Å². The zero-order chi connectivity index (χ0) is 29.4. The Morgan fingerprint density at radius 3 is 2.36 bits per heavy atom. The minimum Gasteiger partial charge on any atom is -0.496 e. The van der Waals surface area contributed by atoms with Crippen LogP contribution in [0.25, 0.3) is 11.3 Å². The zero-order valence-electron chi connectivity index (χ0n) is 22.9. The molecule has 1 fully saturated rings. The van der Waals surface area contributed by atoms with Gasteiger partial charge >= 0.3 is 17.7 Å². The molecule has 0 saturated heterocycles. The summed E-state index contributed by atoms with van der Waals surface area (Å²) in [4.78, 5) is 13.0. The fraction of sp³-hybridized carbons (Fsp3) is 0.593. The first kappa shape index (κ1) is 32.0. The molecule has 1 aromatic heterocycles. The van der Waals surface area contributed by atoms with Crippen LogP contribution in [0, 0.1) is 28.6 Å². The number of nitriles is 1. The van der Waals surface area contributed by atoms with Crippen LogP contribution in [0.3, 0.4) is 0 Å². The van der Waals surface area contributed by atoms with Gasteiger partial charge in [-0.2, -0.15) is 31.9 Å². The van der Waals surface area contributed by atoms with E-state index in [9.17, 15) is 23.2 Å². The van der Waals surface area contributed by atoms with Crippen molar-refractivity contribution in [3.05, 3.63) is 35.0 Å². The van der Waals surface area contributed by atoms with Crippen molar-refractivity contribution in [3.8, 4) is 23.1 Å². The van der Waals surface area contributed by atoms with Crippen LogP contribution in [0.15, 0.2) is 18.2 Å². The van der Waals surface area contributed by atoms with E-state index in [2.05, 4.69) is 23.4 Å². The Kier molecular flexibility index (Phi) is 11.3. The van der Waals surface area contributed by atoms with E-state index in [1.54, 1.807) is 22.9 Å². The van der Waals surface area contributed by atoms with Gasteiger partial charge in [-0.25, -0.2) is 0 Å². The third-order valence-electron chi connectivity index (χ3n) is 7.20. The van der Waals surface area contributed by atoms with Crippen molar-refractivity contribution in [1.29, 1.82) is 5.26 Å². The summed E-state index contributed by atoms with van der Waals surface area (Å²) >= 11 is -0.750. The molecule has 0 atom stereocenters. The predicted octanol–water partition coefficient (Wildman–Crippen LogP) is 5.47. The molecule has 0 radical (unpaired) electrons. The highest BCUT2D eigenvalue weighted by atomic mass is 32.1. The average molecular weight is 569 g/mol. The molecule has 0 unspecified atom stereocenters. The second-order valence-corrected chi connectivity index (χ2v) is 10.6. The first-order valence-corrected chi connectivity index (χ1v) is 13.4. The number of hydrogen-bond donors (Lipinski definition) is 1. The number of nitrogens with zero attached hydrogens (tertiary/aromatic N) is 3. The molecule has 1 heterocycles. The number of amides is 1. The van der Waals surface area contributed by atoms with E-state index in [4.69, 9.17) is 13.2 Å². The summed E-state index contributed by atoms with van der Waals surface area (Å²) in [6, 6.07) is 6.91. The Hall–Kier alpha value is -3.20. The minimum atomic E-state index is -4.36. The molecule has 0 spiro atoms. The highest BCUT2D eigenvalue weighted by Crippen LogP contribution is 2.42. The van der Waals surface area contributed by atoms with Gasteiger partial charge in [0.05, 0.1) is 18.2 Å². The van der Waals surface area contributed by atoms with E-state index < -0.39 is 29.1 Å². The van der Waals surface area contributed by atoms with Crippen molar-refractivity contribution in [3.63, 3.8) is 0 Å². The van der Waals surface area contributed by atoms with Crippen LogP contribution in [-0.2, 0) is 24.5 Å². The number of nitrogens with one attached hydrogen (secondary N) is 1. The Labute approximate surface area is 230 Å². The van der Waals surface area contributed by atoms with E-state index in [-0.39, 0.29) is 17.7 Å². The largest absolute Gasteiger partial charge is 0.496 e. The maximum atomic E-state index is 13.4. The molecular weight excluding hydrogens is 533 g/mol. The van der Waals surface area contributed by atoms with Crippen LogP contribution < -0.4 is 10.1 Å². The van der Waals surface area contributed by atoms with E-state index in [1.807, 2.05) is 6.92 Å². The van der Waals surface area contributed by atoms with Crippen molar-refractivity contribution in [1.82, 2.24) is 15.1 Å². The number of rotatable bonds is 8. The summed E-state index contributed by atoms with van der Waals surface area (Å²) < 4.78 is 63.9. The number of methoxy groups -OCH3 is 1. The fourth-order valence-corrected chi connectivity index (χ4v) is 4.74. The summed E-state index contributed by atoms with van der Waals surface area (Å²) in [6.45, 7) is 7.33. The molecule has 214 valence electrons. The number of halogens is 3. The van der Waals surface area contributed by atoms with Crippen LogP contribution in [0.5, 0.6) is 5.75 Å². The monoisotopic (exact) mass is 568 g/mol. The third kappa shape index (κ3) is 7.91. The van der Waals surface area contributed by atoms with Gasteiger partial charge in [-0.05, 0) is 55.7 Å². The number of benzene rings is 1. The van der Waals surface area contributed by atoms with Crippen LogP contribution in [-0.4, -0.2) is 43.9 Å². The lowest BCUT2D eigenvalue weighted by molar-refractivity contribution is -0.211. The molecule has 39 heavy (non-hydrogen) atoms. The van der Waals surface area contributed by atoms with Gasteiger partial charge < -0.3 is 10.1 Å². The molecule has 1 saturated carbocycles. The number of carbonyl (C=O) groups is 1. The number of ether oxygens (including phenoxy) is 1. The molecule has 2 aromatic rings. The maximum Gasteiger partial charge on any atom is 0.394 e. The molecule has 12 heteroatoms. The molecule has 1 aliphatic carbocycles. The van der Waals surface area contributed by atoms with Gasteiger partial charge in [0.25, 0.3) is 5.91 Å². The quantitative estimate of drug-likeness (QED) is 0.452. The first-order chi connectivity index (χ1) is 18.3. The Bertz CT molecular complexity index is 1220. The van der Waals surface area contributed by atoms with E-state index in [0.717, 1.165) is 39.5 Å². The standard InChI is InChI=1S/C27H35F3N4O2.O2S/c1-6-34-24(20-12-11-19(13-22(20)36-5)14-26(3,4)27(28,29)30)21(15-31)23(33-34)25(35)32-16-18-9-7-17(2)8-10-18;1-3-2/h11-13,17-18H,6-10,14,16H2,1-5H3,(H,32,35);. The normalized spacial score (nSPS) is 17.4. The smallest absolute Gasteiger partial charge is 0.394 e. The highest BCUT2D eigenvalue weighted by Gasteiger charge is 2.47. The number of aryl methyl sites for hydroxylation is 1. The molecule has 1 N–H and O–H groups in total. The van der Waals surface area contributed by atoms with Gasteiger partial charge in [0, 0.05) is 18.7 Å². The molecule has 1 aliphatic rings. The van der Waals surface area contributed by atoms with Crippen LogP contribution in [0.4, 0.5) is 13.2 Å². The summed E-state index contributed by atoms with van der Waals surface area (Å²) in [5.74, 6) is 1.05. The van der Waals surface area contributed by atoms with Crippen molar-refractivity contribution in [2.45, 2.75) is 72.5 Å². The average Bonchev–Trinajstić information content (AvgIpc) is 3.26. The van der Waals surface area contributed by atoms with Crippen molar-refractivity contribution in [2.24, 2.45) is 17.3 Å². The zero-order valence-corrected chi connectivity index (χ0v) is 23.7. The van der Waals surface area contributed by atoms with E-state index >= 15 is 0 Å². The first-order valence-electron chi connectivity index (χ1n) is 12.8. The second kappa shape index (κ2) is 13.7. The van der Waals surface area contributed by atoms with Crippen LogP contribution in [0.1, 0.15) is 75.0 Å². The lowest BCUT2D eigenvalue weighted by atomic mass is 9.83. The fourth-order valence-electron chi connectivity index (χ4n) is 4.74. The van der Waals surface area contributed by atoms with Gasteiger partial charge in [-0.1, -0.05) is 39.7 Å².